The maximum Gasteiger partial charge on any atom is 0.141 e. The number of hydrogen-bond acceptors (Lipinski definition) is 3. The van der Waals surface area contributed by atoms with Gasteiger partial charge < -0.3 is 15.4 Å². The van der Waals surface area contributed by atoms with Crippen LogP contribution < -0.4 is 15.4 Å². The number of ether oxygens (including phenoxy) is 1. The molecule has 1 aliphatic rings. The normalized spacial score (nSPS) is 22.6. The van der Waals surface area contributed by atoms with E-state index in [-0.39, 0.29) is 5.54 Å². The van der Waals surface area contributed by atoms with Crippen molar-refractivity contribution in [3.05, 3.63) is 23.8 Å². The Kier molecular flexibility index (Phi) is 3.81. The van der Waals surface area contributed by atoms with Crippen molar-refractivity contribution in [2.75, 3.05) is 19.0 Å². The van der Waals surface area contributed by atoms with Crippen LogP contribution in [-0.2, 0) is 0 Å². The molecule has 0 aromatic heterocycles. The van der Waals surface area contributed by atoms with E-state index in [0.717, 1.165) is 30.8 Å². The Labute approximate surface area is 110 Å². The highest BCUT2D eigenvalue weighted by molar-refractivity contribution is 5.58. The summed E-state index contributed by atoms with van der Waals surface area (Å²) < 4.78 is 5.42. The van der Waals surface area contributed by atoms with E-state index in [1.165, 1.54) is 5.56 Å². The van der Waals surface area contributed by atoms with Crippen LogP contribution in [0.1, 0.15) is 32.3 Å². The molecule has 1 heterocycles. The Hall–Kier alpha value is -1.22. The number of methoxy groups -OCH3 is 1. The fraction of sp³-hybridized carbons (Fsp3) is 0.600. The van der Waals surface area contributed by atoms with Crippen molar-refractivity contribution in [1.82, 2.24) is 5.32 Å². The van der Waals surface area contributed by atoms with Gasteiger partial charge in [-0.3, -0.25) is 0 Å². The van der Waals surface area contributed by atoms with Gasteiger partial charge in [-0.25, -0.2) is 0 Å². The van der Waals surface area contributed by atoms with Crippen molar-refractivity contribution in [2.45, 2.75) is 45.2 Å². The number of anilines is 1. The zero-order valence-electron chi connectivity index (χ0n) is 11.8. The molecular formula is C15H24N2O. The van der Waals surface area contributed by atoms with Gasteiger partial charge in [0.2, 0.25) is 0 Å². The van der Waals surface area contributed by atoms with Gasteiger partial charge in [0.1, 0.15) is 5.75 Å². The summed E-state index contributed by atoms with van der Waals surface area (Å²) in [5, 5.41) is 7.17. The van der Waals surface area contributed by atoms with Crippen molar-refractivity contribution in [2.24, 2.45) is 0 Å². The lowest BCUT2D eigenvalue weighted by Gasteiger charge is -2.37. The average molecular weight is 248 g/mol. The summed E-state index contributed by atoms with van der Waals surface area (Å²) in [6, 6.07) is 6.78. The Morgan fingerprint density at radius 2 is 2.17 bits per heavy atom. The van der Waals surface area contributed by atoms with Crippen LogP contribution in [0.3, 0.4) is 0 Å². The molecule has 0 radical (unpaired) electrons. The molecule has 1 unspecified atom stereocenters. The molecule has 3 nitrogen and oxygen atoms in total. The number of aryl methyl sites for hydroxylation is 1. The van der Waals surface area contributed by atoms with Crippen molar-refractivity contribution in [1.29, 1.82) is 0 Å². The first kappa shape index (κ1) is 13.2. The standard InChI is InChI=1S/C15H24N2O/c1-11-5-6-14(18-4)13(9-11)17-12-7-8-16-15(2,3)10-12/h5-6,9,12,16-17H,7-8,10H2,1-4H3. The fourth-order valence-electron chi connectivity index (χ4n) is 2.65. The number of benzene rings is 1. The van der Waals surface area contributed by atoms with Gasteiger partial charge in [-0.1, -0.05) is 6.07 Å². The van der Waals surface area contributed by atoms with Crippen LogP contribution in [0.5, 0.6) is 5.75 Å². The molecule has 1 aromatic rings. The molecule has 0 spiro atoms. The first-order valence-electron chi connectivity index (χ1n) is 6.66. The van der Waals surface area contributed by atoms with Crippen molar-refractivity contribution in [3.8, 4) is 5.75 Å². The van der Waals surface area contributed by atoms with Gasteiger partial charge in [0.25, 0.3) is 0 Å². The third-order valence-corrected chi connectivity index (χ3v) is 3.57. The molecule has 100 valence electrons. The molecule has 3 heteroatoms. The SMILES string of the molecule is COc1ccc(C)cc1NC1CCNC(C)(C)C1. The third kappa shape index (κ3) is 3.16. The summed E-state index contributed by atoms with van der Waals surface area (Å²) in [5.74, 6) is 0.928. The molecule has 0 amide bonds. The monoisotopic (exact) mass is 248 g/mol. The molecule has 1 aromatic carbocycles. The van der Waals surface area contributed by atoms with E-state index in [1.54, 1.807) is 7.11 Å². The van der Waals surface area contributed by atoms with E-state index in [2.05, 4.69) is 43.5 Å². The number of nitrogens with one attached hydrogen (secondary N) is 2. The highest BCUT2D eigenvalue weighted by Gasteiger charge is 2.27. The quantitative estimate of drug-likeness (QED) is 0.863. The average Bonchev–Trinajstić information content (AvgIpc) is 2.28. The van der Waals surface area contributed by atoms with Crippen LogP contribution in [0, 0.1) is 6.92 Å². The second-order valence-corrected chi connectivity index (χ2v) is 5.85. The zero-order chi connectivity index (χ0) is 13.2. The van der Waals surface area contributed by atoms with Crippen LogP contribution in [0.2, 0.25) is 0 Å². The van der Waals surface area contributed by atoms with E-state index in [1.807, 2.05) is 6.07 Å². The molecule has 18 heavy (non-hydrogen) atoms. The maximum absolute atomic E-state index is 5.42. The Balaban J connectivity index is 2.11. The zero-order valence-corrected chi connectivity index (χ0v) is 11.8. The molecule has 0 aliphatic carbocycles. The second kappa shape index (κ2) is 5.19. The highest BCUT2D eigenvalue weighted by atomic mass is 16.5. The first-order valence-corrected chi connectivity index (χ1v) is 6.66. The lowest BCUT2D eigenvalue weighted by Crippen LogP contribution is -2.50. The van der Waals surface area contributed by atoms with Crippen LogP contribution >= 0.6 is 0 Å². The van der Waals surface area contributed by atoms with E-state index in [4.69, 9.17) is 4.74 Å². The number of rotatable bonds is 3. The lowest BCUT2D eigenvalue weighted by molar-refractivity contribution is 0.286. The van der Waals surface area contributed by atoms with Crippen molar-refractivity contribution in [3.63, 3.8) is 0 Å². The maximum atomic E-state index is 5.42. The number of hydrogen-bond donors (Lipinski definition) is 2. The van der Waals surface area contributed by atoms with Gasteiger partial charge in [-0.15, -0.1) is 0 Å². The molecular weight excluding hydrogens is 224 g/mol. The van der Waals surface area contributed by atoms with E-state index in [9.17, 15) is 0 Å². The summed E-state index contributed by atoms with van der Waals surface area (Å²) in [6.45, 7) is 7.69. The van der Waals surface area contributed by atoms with Crippen LogP contribution in [0.15, 0.2) is 18.2 Å². The number of piperidine rings is 1. The largest absolute Gasteiger partial charge is 0.495 e. The Morgan fingerprint density at radius 3 is 2.83 bits per heavy atom. The molecule has 1 aliphatic heterocycles. The van der Waals surface area contributed by atoms with Gasteiger partial charge in [0.05, 0.1) is 12.8 Å². The van der Waals surface area contributed by atoms with E-state index in [0.29, 0.717) is 6.04 Å². The molecule has 1 atom stereocenters. The topological polar surface area (TPSA) is 33.3 Å². The van der Waals surface area contributed by atoms with E-state index >= 15 is 0 Å². The molecule has 0 saturated carbocycles. The highest BCUT2D eigenvalue weighted by Crippen LogP contribution is 2.29. The summed E-state index contributed by atoms with van der Waals surface area (Å²) in [6.07, 6.45) is 2.28. The minimum atomic E-state index is 0.215. The predicted molar refractivity (Wildman–Crippen MR) is 76.5 cm³/mol. The van der Waals surface area contributed by atoms with Gasteiger partial charge in [-0.05, 0) is 57.9 Å². The predicted octanol–water partition coefficient (Wildman–Crippen LogP) is 2.95. The molecule has 2 rings (SSSR count). The molecule has 1 saturated heterocycles. The Bertz CT molecular complexity index is 415. The Morgan fingerprint density at radius 1 is 1.39 bits per heavy atom. The lowest BCUT2D eigenvalue weighted by atomic mass is 9.89. The summed E-state index contributed by atoms with van der Waals surface area (Å²) in [5.41, 5.74) is 2.58. The smallest absolute Gasteiger partial charge is 0.141 e. The van der Waals surface area contributed by atoms with Gasteiger partial charge >= 0.3 is 0 Å². The summed E-state index contributed by atoms with van der Waals surface area (Å²) in [4.78, 5) is 0. The van der Waals surface area contributed by atoms with Gasteiger partial charge in [-0.2, -0.15) is 0 Å². The molecule has 1 fully saturated rings. The van der Waals surface area contributed by atoms with Gasteiger partial charge in [0.15, 0.2) is 0 Å². The van der Waals surface area contributed by atoms with Crippen LogP contribution in [-0.4, -0.2) is 25.2 Å². The minimum Gasteiger partial charge on any atom is -0.495 e. The summed E-state index contributed by atoms with van der Waals surface area (Å²) >= 11 is 0. The molecule has 0 bridgehead atoms. The van der Waals surface area contributed by atoms with Crippen molar-refractivity contribution >= 4 is 5.69 Å². The third-order valence-electron chi connectivity index (χ3n) is 3.57. The van der Waals surface area contributed by atoms with Crippen LogP contribution in [0.4, 0.5) is 5.69 Å². The second-order valence-electron chi connectivity index (χ2n) is 5.85. The van der Waals surface area contributed by atoms with E-state index < -0.39 is 0 Å². The fourth-order valence-corrected chi connectivity index (χ4v) is 2.65. The van der Waals surface area contributed by atoms with Crippen molar-refractivity contribution < 1.29 is 4.74 Å². The molecule has 2 N–H and O–H groups in total. The van der Waals surface area contributed by atoms with Gasteiger partial charge in [0, 0.05) is 11.6 Å². The van der Waals surface area contributed by atoms with Crippen LogP contribution in [0.25, 0.3) is 0 Å². The first-order chi connectivity index (χ1) is 8.50. The summed E-state index contributed by atoms with van der Waals surface area (Å²) in [7, 11) is 1.72. The minimum absolute atomic E-state index is 0.215.